The summed E-state index contributed by atoms with van der Waals surface area (Å²) in [6.45, 7) is 8.92. The monoisotopic (exact) mass is 342 g/mol. The summed E-state index contributed by atoms with van der Waals surface area (Å²) in [6, 6.07) is 8.63. The van der Waals surface area contributed by atoms with E-state index in [0.717, 1.165) is 49.8 Å². The van der Waals surface area contributed by atoms with E-state index in [0.29, 0.717) is 6.04 Å². The second-order valence-electron chi connectivity index (χ2n) is 8.11. The molecule has 0 bridgehead atoms. The molecule has 1 aliphatic heterocycles. The number of methoxy groups -OCH3 is 1. The third-order valence-corrected chi connectivity index (χ3v) is 4.90. The molecule has 1 aliphatic rings. The zero-order chi connectivity index (χ0) is 18.0. The number of piperidine rings is 1. The maximum absolute atomic E-state index is 5.24. The van der Waals surface area contributed by atoms with Gasteiger partial charge >= 0.3 is 0 Å². The first-order valence-electron chi connectivity index (χ1n) is 9.14. The molecule has 25 heavy (non-hydrogen) atoms. The molecule has 0 N–H and O–H groups in total. The lowest BCUT2D eigenvalue weighted by atomic mass is 9.94. The molecule has 5 nitrogen and oxygen atoms in total. The third kappa shape index (κ3) is 4.21. The van der Waals surface area contributed by atoms with Crippen molar-refractivity contribution < 1.29 is 4.74 Å². The van der Waals surface area contributed by atoms with E-state index < -0.39 is 0 Å². The van der Waals surface area contributed by atoms with Crippen molar-refractivity contribution in [2.45, 2.75) is 51.5 Å². The van der Waals surface area contributed by atoms with Crippen molar-refractivity contribution in [3.63, 3.8) is 0 Å². The highest BCUT2D eigenvalue weighted by atomic mass is 16.5. The lowest BCUT2D eigenvalue weighted by molar-refractivity contribution is 0.205. The molecule has 0 amide bonds. The average Bonchev–Trinajstić information content (AvgIpc) is 3.00. The van der Waals surface area contributed by atoms with Crippen molar-refractivity contribution in [1.82, 2.24) is 19.7 Å². The van der Waals surface area contributed by atoms with Crippen LogP contribution in [0.25, 0.3) is 0 Å². The van der Waals surface area contributed by atoms with E-state index in [1.807, 2.05) is 12.1 Å². The van der Waals surface area contributed by atoms with Crippen LogP contribution in [0.5, 0.6) is 5.75 Å². The maximum Gasteiger partial charge on any atom is 0.155 e. The summed E-state index contributed by atoms with van der Waals surface area (Å²) in [5.74, 6) is 2.89. The van der Waals surface area contributed by atoms with Crippen LogP contribution in [0.2, 0.25) is 0 Å². The van der Waals surface area contributed by atoms with Crippen molar-refractivity contribution in [2.75, 3.05) is 27.2 Å². The number of aromatic nitrogens is 3. The van der Waals surface area contributed by atoms with Crippen molar-refractivity contribution in [1.29, 1.82) is 0 Å². The predicted octanol–water partition coefficient (Wildman–Crippen LogP) is 3.44. The molecule has 1 saturated heterocycles. The molecule has 136 valence electrons. The zero-order valence-corrected chi connectivity index (χ0v) is 16.1. The van der Waals surface area contributed by atoms with Crippen molar-refractivity contribution in [2.24, 2.45) is 0 Å². The SMILES string of the molecule is COc1ccc(Cc2nc(C(C)(C)C)n(C3CCN(C)CC3)n2)cc1. The minimum absolute atomic E-state index is 0.00545. The number of rotatable bonds is 4. The van der Waals surface area contributed by atoms with Gasteiger partial charge in [-0.15, -0.1) is 0 Å². The van der Waals surface area contributed by atoms with Crippen LogP contribution in [0.4, 0.5) is 0 Å². The number of nitrogens with zero attached hydrogens (tertiary/aromatic N) is 4. The van der Waals surface area contributed by atoms with Crippen LogP contribution >= 0.6 is 0 Å². The Kier molecular flexibility index (Phi) is 5.13. The first-order chi connectivity index (χ1) is 11.9. The standard InChI is InChI=1S/C20H30N4O/c1-20(2,3)19-21-18(14-15-6-8-17(25-5)9-7-15)22-24(19)16-10-12-23(4)13-11-16/h6-9,16H,10-14H2,1-5H3. The van der Waals surface area contributed by atoms with Gasteiger partial charge in [0.1, 0.15) is 11.6 Å². The van der Waals surface area contributed by atoms with Gasteiger partial charge in [0.05, 0.1) is 13.2 Å². The van der Waals surface area contributed by atoms with E-state index in [-0.39, 0.29) is 5.41 Å². The highest BCUT2D eigenvalue weighted by molar-refractivity contribution is 5.29. The van der Waals surface area contributed by atoms with Gasteiger partial charge in [-0.3, -0.25) is 0 Å². The van der Waals surface area contributed by atoms with Gasteiger partial charge in [0.25, 0.3) is 0 Å². The Balaban J connectivity index is 1.85. The Morgan fingerprint density at radius 2 is 1.76 bits per heavy atom. The first-order valence-corrected chi connectivity index (χ1v) is 9.14. The fourth-order valence-electron chi connectivity index (χ4n) is 3.37. The molecule has 0 spiro atoms. The number of hydrogen-bond donors (Lipinski definition) is 0. The largest absolute Gasteiger partial charge is 0.497 e. The molecule has 5 heteroatoms. The quantitative estimate of drug-likeness (QED) is 0.854. The summed E-state index contributed by atoms with van der Waals surface area (Å²) < 4.78 is 7.45. The third-order valence-electron chi connectivity index (χ3n) is 4.90. The second-order valence-corrected chi connectivity index (χ2v) is 8.11. The summed E-state index contributed by atoms with van der Waals surface area (Å²) in [6.07, 6.45) is 3.04. The molecule has 1 aromatic heterocycles. The molecule has 1 fully saturated rings. The van der Waals surface area contributed by atoms with Crippen LogP contribution < -0.4 is 4.74 Å². The van der Waals surface area contributed by atoms with Gasteiger partial charge in [-0.25, -0.2) is 9.67 Å². The highest BCUT2D eigenvalue weighted by Gasteiger charge is 2.28. The summed E-state index contributed by atoms with van der Waals surface area (Å²) in [7, 11) is 3.88. The van der Waals surface area contributed by atoms with Gasteiger partial charge in [0.2, 0.25) is 0 Å². The molecule has 0 saturated carbocycles. The predicted molar refractivity (Wildman–Crippen MR) is 100 cm³/mol. The fourth-order valence-corrected chi connectivity index (χ4v) is 3.37. The second kappa shape index (κ2) is 7.16. The molecule has 0 radical (unpaired) electrons. The Hall–Kier alpha value is -1.88. The first kappa shape index (κ1) is 17.9. The Morgan fingerprint density at radius 3 is 2.32 bits per heavy atom. The summed E-state index contributed by atoms with van der Waals surface area (Å²) in [5.41, 5.74) is 1.20. The molecule has 3 rings (SSSR count). The molecule has 0 atom stereocenters. The Morgan fingerprint density at radius 1 is 1.12 bits per heavy atom. The van der Waals surface area contributed by atoms with Crippen molar-refractivity contribution in [3.8, 4) is 5.75 Å². The van der Waals surface area contributed by atoms with Crippen LogP contribution in [-0.4, -0.2) is 46.9 Å². The summed E-state index contributed by atoms with van der Waals surface area (Å²) in [5, 5.41) is 4.92. The van der Waals surface area contributed by atoms with Crippen LogP contribution in [0.15, 0.2) is 24.3 Å². The fraction of sp³-hybridized carbons (Fsp3) is 0.600. The van der Waals surface area contributed by atoms with Crippen LogP contribution in [0.1, 0.15) is 56.9 Å². The molecule has 2 aromatic rings. The Bertz CT molecular complexity index is 691. The van der Waals surface area contributed by atoms with E-state index in [9.17, 15) is 0 Å². The maximum atomic E-state index is 5.24. The van der Waals surface area contributed by atoms with Gasteiger partial charge < -0.3 is 9.64 Å². The van der Waals surface area contributed by atoms with Gasteiger partial charge in [-0.2, -0.15) is 5.10 Å². The summed E-state index contributed by atoms with van der Waals surface area (Å²) >= 11 is 0. The molecular formula is C20H30N4O. The van der Waals surface area contributed by atoms with Crippen molar-refractivity contribution in [3.05, 3.63) is 41.5 Å². The van der Waals surface area contributed by atoms with E-state index >= 15 is 0 Å². The van der Waals surface area contributed by atoms with Crippen molar-refractivity contribution >= 4 is 0 Å². The van der Waals surface area contributed by atoms with E-state index in [1.54, 1.807) is 7.11 Å². The number of likely N-dealkylation sites (tertiary alicyclic amines) is 1. The smallest absolute Gasteiger partial charge is 0.155 e. The molecule has 0 unspecified atom stereocenters. The zero-order valence-electron chi connectivity index (χ0n) is 16.1. The minimum Gasteiger partial charge on any atom is -0.497 e. The lowest BCUT2D eigenvalue weighted by Crippen LogP contribution is -2.33. The molecule has 2 heterocycles. The van der Waals surface area contributed by atoms with Gasteiger partial charge in [-0.05, 0) is 50.7 Å². The topological polar surface area (TPSA) is 43.2 Å². The van der Waals surface area contributed by atoms with Gasteiger partial charge in [0.15, 0.2) is 5.82 Å². The van der Waals surface area contributed by atoms with Crippen LogP contribution in [-0.2, 0) is 11.8 Å². The van der Waals surface area contributed by atoms with E-state index in [1.165, 1.54) is 5.56 Å². The lowest BCUT2D eigenvalue weighted by Gasteiger charge is -2.31. The number of benzene rings is 1. The number of ether oxygens (including phenoxy) is 1. The average molecular weight is 342 g/mol. The molecule has 1 aromatic carbocycles. The Labute approximate surface area is 151 Å². The van der Waals surface area contributed by atoms with E-state index in [4.69, 9.17) is 14.8 Å². The number of hydrogen-bond acceptors (Lipinski definition) is 4. The molecular weight excluding hydrogens is 312 g/mol. The van der Waals surface area contributed by atoms with Crippen LogP contribution in [0.3, 0.4) is 0 Å². The van der Waals surface area contributed by atoms with Gasteiger partial charge in [0, 0.05) is 11.8 Å². The van der Waals surface area contributed by atoms with Crippen LogP contribution in [0, 0.1) is 0 Å². The normalized spacial score (nSPS) is 17.0. The minimum atomic E-state index is -0.00545. The molecule has 0 aliphatic carbocycles. The van der Waals surface area contributed by atoms with Gasteiger partial charge in [-0.1, -0.05) is 32.9 Å². The highest BCUT2D eigenvalue weighted by Crippen LogP contribution is 2.28. The summed E-state index contributed by atoms with van der Waals surface area (Å²) in [4.78, 5) is 7.31. The van der Waals surface area contributed by atoms with E-state index in [2.05, 4.69) is 49.5 Å².